The molecule has 0 aliphatic carbocycles. The molecule has 2 fully saturated rings. The summed E-state index contributed by atoms with van der Waals surface area (Å²) in [6.45, 7) is 5.18. The first-order chi connectivity index (χ1) is 8.13. The molecule has 0 aromatic carbocycles. The predicted octanol–water partition coefficient (Wildman–Crippen LogP) is -0.193. The van der Waals surface area contributed by atoms with Crippen molar-refractivity contribution >= 4 is 12.0 Å². The van der Waals surface area contributed by atoms with Gasteiger partial charge in [-0.15, -0.1) is 0 Å². The molecule has 2 aliphatic rings. The molecule has 6 heteroatoms. The van der Waals surface area contributed by atoms with Gasteiger partial charge in [0.2, 0.25) is 0 Å². The number of nitrogens with zero attached hydrogens (tertiary/aromatic N) is 2. The molecule has 2 aliphatic heterocycles. The molecule has 2 heterocycles. The maximum absolute atomic E-state index is 12.0. The number of carboxylic acids is 1. The van der Waals surface area contributed by atoms with E-state index in [1.54, 1.807) is 4.90 Å². The smallest absolute Gasteiger partial charge is 0.320 e. The highest BCUT2D eigenvalue weighted by molar-refractivity contribution is 5.78. The first kappa shape index (κ1) is 12.2. The number of urea groups is 1. The minimum absolute atomic E-state index is 0.00352. The van der Waals surface area contributed by atoms with Crippen LogP contribution < -0.4 is 5.32 Å². The first-order valence-electron chi connectivity index (χ1n) is 6.12. The maximum atomic E-state index is 12.0. The van der Waals surface area contributed by atoms with E-state index in [2.05, 4.69) is 5.32 Å². The third-order valence-electron chi connectivity index (χ3n) is 3.58. The summed E-state index contributed by atoms with van der Waals surface area (Å²) in [7, 11) is 0. The lowest BCUT2D eigenvalue weighted by Crippen LogP contribution is -2.49. The van der Waals surface area contributed by atoms with E-state index in [-0.39, 0.29) is 12.1 Å². The minimum atomic E-state index is -0.816. The molecule has 2 atom stereocenters. The number of carboxylic acid groups (broad SMARTS) is 1. The van der Waals surface area contributed by atoms with E-state index in [1.165, 1.54) is 0 Å². The highest BCUT2D eigenvalue weighted by Gasteiger charge is 2.39. The van der Waals surface area contributed by atoms with Gasteiger partial charge < -0.3 is 20.2 Å². The van der Waals surface area contributed by atoms with Gasteiger partial charge in [-0.3, -0.25) is 4.79 Å². The normalized spacial score (nSPS) is 25.9. The third-order valence-corrected chi connectivity index (χ3v) is 3.58. The van der Waals surface area contributed by atoms with E-state index in [0.29, 0.717) is 19.5 Å². The number of rotatable bonds is 4. The number of nitrogens with one attached hydrogen (secondary N) is 1. The molecule has 2 N–H and O–H groups in total. The number of amides is 2. The van der Waals surface area contributed by atoms with Crippen molar-refractivity contribution in [3.05, 3.63) is 0 Å². The molecular formula is C11H19N3O3. The average Bonchev–Trinajstić information content (AvgIpc) is 2.63. The van der Waals surface area contributed by atoms with Gasteiger partial charge in [0.1, 0.15) is 0 Å². The van der Waals surface area contributed by atoms with Crippen molar-refractivity contribution in [2.24, 2.45) is 5.92 Å². The Bertz CT molecular complexity index is 321. The Morgan fingerprint density at radius 3 is 3.00 bits per heavy atom. The average molecular weight is 241 g/mol. The lowest BCUT2D eigenvalue weighted by atomic mass is 10.1. The fourth-order valence-corrected chi connectivity index (χ4v) is 2.49. The van der Waals surface area contributed by atoms with E-state index < -0.39 is 11.9 Å². The van der Waals surface area contributed by atoms with Gasteiger partial charge >= 0.3 is 12.0 Å². The van der Waals surface area contributed by atoms with Gasteiger partial charge in [0, 0.05) is 32.7 Å². The summed E-state index contributed by atoms with van der Waals surface area (Å²) in [5.74, 6) is -1.27. The van der Waals surface area contributed by atoms with Crippen molar-refractivity contribution in [2.45, 2.75) is 19.4 Å². The Hall–Kier alpha value is -1.30. The van der Waals surface area contributed by atoms with Gasteiger partial charge in [-0.05, 0) is 6.42 Å². The number of hydrogen-bond donors (Lipinski definition) is 2. The molecule has 0 spiro atoms. The number of carbonyl (C=O) groups is 2. The van der Waals surface area contributed by atoms with Crippen molar-refractivity contribution in [2.75, 3.05) is 32.7 Å². The van der Waals surface area contributed by atoms with Crippen LogP contribution in [0, 0.1) is 5.92 Å². The van der Waals surface area contributed by atoms with Gasteiger partial charge in [-0.2, -0.15) is 0 Å². The van der Waals surface area contributed by atoms with Gasteiger partial charge in [0.25, 0.3) is 0 Å². The lowest BCUT2D eigenvalue weighted by Gasteiger charge is -2.28. The molecule has 6 nitrogen and oxygen atoms in total. The molecule has 0 aromatic rings. The van der Waals surface area contributed by atoms with Gasteiger partial charge in [0.15, 0.2) is 0 Å². The van der Waals surface area contributed by atoms with Gasteiger partial charge in [-0.25, -0.2) is 4.79 Å². The van der Waals surface area contributed by atoms with Crippen LogP contribution in [0.4, 0.5) is 4.79 Å². The Morgan fingerprint density at radius 1 is 1.65 bits per heavy atom. The van der Waals surface area contributed by atoms with Crippen LogP contribution in [0.3, 0.4) is 0 Å². The zero-order chi connectivity index (χ0) is 12.4. The summed E-state index contributed by atoms with van der Waals surface area (Å²) in [6, 6.07) is 0.207. The second-order valence-electron chi connectivity index (χ2n) is 4.68. The zero-order valence-electron chi connectivity index (χ0n) is 10.1. The second kappa shape index (κ2) is 4.91. The van der Waals surface area contributed by atoms with Crippen molar-refractivity contribution in [3.63, 3.8) is 0 Å². The van der Waals surface area contributed by atoms with E-state index in [4.69, 9.17) is 5.11 Å². The summed E-state index contributed by atoms with van der Waals surface area (Å²) >= 11 is 0. The van der Waals surface area contributed by atoms with Crippen LogP contribution >= 0.6 is 0 Å². The third kappa shape index (κ3) is 2.36. The fourth-order valence-electron chi connectivity index (χ4n) is 2.49. The van der Waals surface area contributed by atoms with E-state index >= 15 is 0 Å². The maximum Gasteiger partial charge on any atom is 0.320 e. The first-order valence-corrected chi connectivity index (χ1v) is 6.12. The molecule has 0 bridgehead atoms. The molecule has 2 saturated heterocycles. The van der Waals surface area contributed by atoms with Crippen molar-refractivity contribution in [3.8, 4) is 0 Å². The fraction of sp³-hybridized carbons (Fsp3) is 0.818. The number of carbonyl (C=O) groups excluding carboxylic acids is 1. The lowest BCUT2D eigenvalue weighted by molar-refractivity contribution is -0.142. The Kier molecular flexibility index (Phi) is 3.51. The standard InChI is InChI=1S/C11H19N3O3/c1-2-8(10(15)16)6-13-7-9-5-12-3-4-14(9)11(13)17/h8-9,12H,2-7H2,1H3,(H,15,16)/t8?,9-/m0/s1. The Labute approximate surface area is 101 Å². The predicted molar refractivity (Wildman–Crippen MR) is 61.7 cm³/mol. The van der Waals surface area contributed by atoms with Gasteiger partial charge in [-0.1, -0.05) is 6.92 Å². The highest BCUT2D eigenvalue weighted by Crippen LogP contribution is 2.19. The largest absolute Gasteiger partial charge is 0.481 e. The number of hydrogen-bond acceptors (Lipinski definition) is 3. The molecule has 0 aromatic heterocycles. The van der Waals surface area contributed by atoms with Crippen molar-refractivity contribution in [1.82, 2.24) is 15.1 Å². The summed E-state index contributed by atoms with van der Waals surface area (Å²) < 4.78 is 0. The Balaban J connectivity index is 1.98. The van der Waals surface area contributed by atoms with E-state index in [0.717, 1.165) is 19.6 Å². The summed E-state index contributed by atoms with van der Waals surface area (Å²) in [6.07, 6.45) is 0.558. The van der Waals surface area contributed by atoms with Crippen LogP contribution in [0.5, 0.6) is 0 Å². The number of fused-ring (bicyclic) bond motifs is 1. The molecule has 17 heavy (non-hydrogen) atoms. The monoisotopic (exact) mass is 241 g/mol. The second-order valence-corrected chi connectivity index (χ2v) is 4.68. The topological polar surface area (TPSA) is 72.9 Å². The van der Waals surface area contributed by atoms with Crippen LogP contribution in [0.15, 0.2) is 0 Å². The van der Waals surface area contributed by atoms with Crippen LogP contribution in [-0.2, 0) is 4.79 Å². The number of aliphatic carboxylic acids is 1. The molecular weight excluding hydrogens is 222 g/mol. The van der Waals surface area contributed by atoms with E-state index in [1.807, 2.05) is 11.8 Å². The van der Waals surface area contributed by atoms with Crippen molar-refractivity contribution in [1.29, 1.82) is 0 Å². The summed E-state index contributed by atoms with van der Waals surface area (Å²) in [5.41, 5.74) is 0. The number of piperazine rings is 1. The van der Waals surface area contributed by atoms with Crippen LogP contribution in [0.2, 0.25) is 0 Å². The zero-order valence-corrected chi connectivity index (χ0v) is 10.1. The SMILES string of the molecule is CCC(CN1C[C@@H]2CNCCN2C1=O)C(=O)O. The molecule has 0 radical (unpaired) electrons. The van der Waals surface area contributed by atoms with E-state index in [9.17, 15) is 9.59 Å². The minimum Gasteiger partial charge on any atom is -0.481 e. The van der Waals surface area contributed by atoms with Crippen LogP contribution in [0.1, 0.15) is 13.3 Å². The molecule has 2 amide bonds. The highest BCUT2D eigenvalue weighted by atomic mass is 16.4. The van der Waals surface area contributed by atoms with Crippen LogP contribution in [-0.4, -0.2) is 65.7 Å². The summed E-state index contributed by atoms with van der Waals surface area (Å²) in [4.78, 5) is 26.6. The molecule has 96 valence electrons. The van der Waals surface area contributed by atoms with Crippen LogP contribution in [0.25, 0.3) is 0 Å². The Morgan fingerprint density at radius 2 is 2.41 bits per heavy atom. The molecule has 0 saturated carbocycles. The summed E-state index contributed by atoms with van der Waals surface area (Å²) in [5, 5.41) is 12.3. The quantitative estimate of drug-likeness (QED) is 0.715. The molecule has 1 unspecified atom stereocenters. The van der Waals surface area contributed by atoms with Crippen molar-refractivity contribution < 1.29 is 14.7 Å². The molecule has 2 rings (SSSR count). The van der Waals surface area contributed by atoms with Gasteiger partial charge in [0.05, 0.1) is 12.0 Å².